The minimum Gasteiger partial charge on any atom is -0.488 e. The Bertz CT molecular complexity index is 713. The second-order valence-electron chi connectivity index (χ2n) is 7.11. The molecule has 0 saturated carbocycles. The van der Waals surface area contributed by atoms with Crippen molar-refractivity contribution in [2.45, 2.75) is 59.3 Å². The topological polar surface area (TPSA) is 32.7 Å². The Kier molecular flexibility index (Phi) is 10.3. The molecule has 0 unspecified atom stereocenters. The number of aliphatic hydroxyl groups excluding tert-OH is 1. The largest absolute Gasteiger partial charge is 0.488 e. The van der Waals surface area contributed by atoms with Crippen molar-refractivity contribution in [2.75, 3.05) is 13.1 Å². The van der Waals surface area contributed by atoms with Crippen LogP contribution in [-0.4, -0.2) is 23.1 Å². The summed E-state index contributed by atoms with van der Waals surface area (Å²) in [5.41, 5.74) is 2.97. The third-order valence-corrected chi connectivity index (χ3v) is 5.43. The lowest BCUT2D eigenvalue weighted by Gasteiger charge is -2.24. The van der Waals surface area contributed by atoms with Crippen LogP contribution in [-0.2, 0) is 19.8 Å². The Balaban J connectivity index is 2.22. The third-order valence-electron chi connectivity index (χ3n) is 4.72. The first-order valence-electron chi connectivity index (χ1n) is 10.1. The van der Waals surface area contributed by atoms with Gasteiger partial charge >= 0.3 is 0 Å². The molecule has 154 valence electrons. The van der Waals surface area contributed by atoms with Crippen LogP contribution < -0.4 is 4.74 Å². The van der Waals surface area contributed by atoms with Crippen molar-refractivity contribution < 1.29 is 9.84 Å². The van der Waals surface area contributed by atoms with Gasteiger partial charge in [-0.3, -0.25) is 4.90 Å². The Morgan fingerprint density at radius 2 is 1.61 bits per heavy atom. The second-order valence-corrected chi connectivity index (χ2v) is 8.46. The minimum absolute atomic E-state index is 0.0493. The molecule has 0 heterocycles. The summed E-state index contributed by atoms with van der Waals surface area (Å²) < 4.78 is 7.17. The van der Waals surface area contributed by atoms with Crippen molar-refractivity contribution in [3.63, 3.8) is 0 Å². The van der Waals surface area contributed by atoms with E-state index in [9.17, 15) is 5.11 Å². The SMILES string of the molecule is CCCCN(CCCC)Cc1cc(Br)cc(CO)c1OCc1ccc(Cl)cc1. The molecular weight excluding hydrogens is 438 g/mol. The van der Waals surface area contributed by atoms with Gasteiger partial charge in [0, 0.05) is 27.2 Å². The van der Waals surface area contributed by atoms with E-state index in [-0.39, 0.29) is 6.61 Å². The van der Waals surface area contributed by atoms with Crippen molar-refractivity contribution >= 4 is 27.5 Å². The Morgan fingerprint density at radius 1 is 1.00 bits per heavy atom. The number of rotatable bonds is 12. The van der Waals surface area contributed by atoms with E-state index in [2.05, 4.69) is 40.7 Å². The zero-order chi connectivity index (χ0) is 20.4. The molecule has 0 aliphatic carbocycles. The highest BCUT2D eigenvalue weighted by atomic mass is 79.9. The van der Waals surface area contributed by atoms with Crippen molar-refractivity contribution in [1.82, 2.24) is 4.90 Å². The lowest BCUT2D eigenvalue weighted by molar-refractivity contribution is 0.237. The molecule has 28 heavy (non-hydrogen) atoms. The average molecular weight is 469 g/mol. The second kappa shape index (κ2) is 12.5. The minimum atomic E-state index is -0.0493. The van der Waals surface area contributed by atoms with Gasteiger partial charge in [-0.05, 0) is 55.8 Å². The molecule has 0 fully saturated rings. The zero-order valence-electron chi connectivity index (χ0n) is 16.9. The average Bonchev–Trinajstić information content (AvgIpc) is 2.70. The predicted octanol–water partition coefficient (Wildman–Crippen LogP) is 6.58. The maximum atomic E-state index is 9.89. The van der Waals surface area contributed by atoms with Crippen LogP contribution >= 0.6 is 27.5 Å². The summed E-state index contributed by atoms with van der Waals surface area (Å²) >= 11 is 9.56. The van der Waals surface area contributed by atoms with Crippen LogP contribution in [0.1, 0.15) is 56.2 Å². The number of halogens is 2. The fourth-order valence-corrected chi connectivity index (χ4v) is 3.82. The Morgan fingerprint density at radius 3 is 2.18 bits per heavy atom. The van der Waals surface area contributed by atoms with Crippen molar-refractivity contribution in [3.8, 4) is 5.75 Å². The van der Waals surface area contributed by atoms with Crippen molar-refractivity contribution in [1.29, 1.82) is 0 Å². The highest BCUT2D eigenvalue weighted by Gasteiger charge is 2.15. The lowest BCUT2D eigenvalue weighted by Crippen LogP contribution is -2.26. The van der Waals surface area contributed by atoms with Gasteiger partial charge in [-0.1, -0.05) is 66.4 Å². The molecule has 0 spiro atoms. The molecule has 0 aliphatic rings. The standard InChI is InChI=1S/C23H31BrClNO2/c1-3-5-11-26(12-6-4-2)15-19-13-21(24)14-20(16-27)23(19)28-17-18-7-9-22(25)10-8-18/h7-10,13-14,27H,3-6,11-12,15-17H2,1-2H3. The van der Waals surface area contributed by atoms with Gasteiger partial charge in [0.2, 0.25) is 0 Å². The zero-order valence-corrected chi connectivity index (χ0v) is 19.2. The van der Waals surface area contributed by atoms with Gasteiger partial charge in [-0.25, -0.2) is 0 Å². The molecule has 0 atom stereocenters. The van der Waals surface area contributed by atoms with Crippen LogP contribution in [0.5, 0.6) is 5.75 Å². The van der Waals surface area contributed by atoms with E-state index in [1.807, 2.05) is 30.3 Å². The van der Waals surface area contributed by atoms with Crippen LogP contribution in [0.4, 0.5) is 0 Å². The van der Waals surface area contributed by atoms with E-state index >= 15 is 0 Å². The van der Waals surface area contributed by atoms with Crippen LogP contribution in [0, 0.1) is 0 Å². The Labute approximate surface area is 182 Å². The molecule has 0 saturated heterocycles. The number of benzene rings is 2. The van der Waals surface area contributed by atoms with Crippen LogP contribution in [0.25, 0.3) is 0 Å². The number of unbranched alkanes of at least 4 members (excludes halogenated alkanes) is 2. The molecule has 3 nitrogen and oxygen atoms in total. The molecule has 1 N–H and O–H groups in total. The van der Waals surface area contributed by atoms with Gasteiger partial charge in [-0.2, -0.15) is 0 Å². The van der Waals surface area contributed by atoms with E-state index in [1.165, 1.54) is 25.7 Å². The number of hydrogen-bond donors (Lipinski definition) is 1. The molecule has 0 bridgehead atoms. The van der Waals surface area contributed by atoms with E-state index in [0.717, 1.165) is 46.5 Å². The quantitative estimate of drug-likeness (QED) is 0.382. The van der Waals surface area contributed by atoms with Gasteiger partial charge < -0.3 is 9.84 Å². The summed E-state index contributed by atoms with van der Waals surface area (Å²) in [7, 11) is 0. The first kappa shape index (κ1) is 23.2. The normalized spacial score (nSPS) is 11.2. The van der Waals surface area contributed by atoms with Crippen molar-refractivity contribution in [2.24, 2.45) is 0 Å². The molecular formula is C23H31BrClNO2. The third kappa shape index (κ3) is 7.40. The first-order valence-corrected chi connectivity index (χ1v) is 11.3. The van der Waals surface area contributed by atoms with Gasteiger partial charge in [-0.15, -0.1) is 0 Å². The molecule has 2 aromatic carbocycles. The summed E-state index contributed by atoms with van der Waals surface area (Å²) in [6, 6.07) is 11.7. The van der Waals surface area contributed by atoms with Gasteiger partial charge in [0.1, 0.15) is 12.4 Å². The summed E-state index contributed by atoms with van der Waals surface area (Å²) in [5.74, 6) is 0.790. The predicted molar refractivity (Wildman–Crippen MR) is 121 cm³/mol. The first-order chi connectivity index (χ1) is 13.6. The maximum Gasteiger partial charge on any atom is 0.129 e. The molecule has 2 aromatic rings. The smallest absolute Gasteiger partial charge is 0.129 e. The summed E-state index contributed by atoms with van der Waals surface area (Å²) in [6.07, 6.45) is 4.74. The highest BCUT2D eigenvalue weighted by Crippen LogP contribution is 2.31. The molecule has 0 radical (unpaired) electrons. The van der Waals surface area contributed by atoms with Crippen LogP contribution in [0.15, 0.2) is 40.9 Å². The fraction of sp³-hybridized carbons (Fsp3) is 0.478. The maximum absolute atomic E-state index is 9.89. The van der Waals surface area contributed by atoms with E-state index in [0.29, 0.717) is 11.6 Å². The number of hydrogen-bond acceptors (Lipinski definition) is 3. The summed E-state index contributed by atoms with van der Waals surface area (Å²) in [4.78, 5) is 2.49. The van der Waals surface area contributed by atoms with Crippen LogP contribution in [0.3, 0.4) is 0 Å². The summed E-state index contributed by atoms with van der Waals surface area (Å²) in [6.45, 7) is 7.82. The van der Waals surface area contributed by atoms with Crippen molar-refractivity contribution in [3.05, 3.63) is 62.6 Å². The van der Waals surface area contributed by atoms with Gasteiger partial charge in [0.05, 0.1) is 6.61 Å². The van der Waals surface area contributed by atoms with E-state index < -0.39 is 0 Å². The fourth-order valence-electron chi connectivity index (χ4n) is 3.14. The van der Waals surface area contributed by atoms with Gasteiger partial charge in [0.15, 0.2) is 0 Å². The Hall–Kier alpha value is -1.07. The lowest BCUT2D eigenvalue weighted by atomic mass is 10.1. The van der Waals surface area contributed by atoms with Crippen LogP contribution in [0.2, 0.25) is 5.02 Å². The summed E-state index contributed by atoms with van der Waals surface area (Å²) in [5, 5.41) is 10.6. The van der Waals surface area contributed by atoms with Gasteiger partial charge in [0.25, 0.3) is 0 Å². The van der Waals surface area contributed by atoms with E-state index in [1.54, 1.807) is 0 Å². The molecule has 5 heteroatoms. The molecule has 0 amide bonds. The highest BCUT2D eigenvalue weighted by molar-refractivity contribution is 9.10. The molecule has 2 rings (SSSR count). The monoisotopic (exact) mass is 467 g/mol. The number of nitrogens with zero attached hydrogens (tertiary/aromatic N) is 1. The number of aliphatic hydroxyl groups is 1. The number of ether oxygens (including phenoxy) is 1. The molecule has 0 aromatic heterocycles. The molecule has 0 aliphatic heterocycles. The van der Waals surface area contributed by atoms with E-state index in [4.69, 9.17) is 16.3 Å².